The fraction of sp³-hybridized carbons (Fsp3) is 0.550. The van der Waals surface area contributed by atoms with E-state index in [0.29, 0.717) is 26.2 Å². The van der Waals surface area contributed by atoms with E-state index in [0.717, 1.165) is 24.1 Å². The summed E-state index contributed by atoms with van der Waals surface area (Å²) in [5, 5.41) is 4.38. The summed E-state index contributed by atoms with van der Waals surface area (Å²) < 4.78 is 13.9. The summed E-state index contributed by atoms with van der Waals surface area (Å²) in [5.41, 5.74) is 2.04. The molecular formula is C20H26N4O3. The van der Waals surface area contributed by atoms with E-state index < -0.39 is 0 Å². The van der Waals surface area contributed by atoms with Gasteiger partial charge in [0, 0.05) is 25.1 Å². The second-order valence-corrected chi connectivity index (χ2v) is 7.29. The first-order valence-electron chi connectivity index (χ1n) is 9.68. The molecule has 1 amide bonds. The second-order valence-electron chi connectivity index (χ2n) is 7.29. The number of carbonyl (C=O) groups is 1. The quantitative estimate of drug-likeness (QED) is 0.779. The lowest BCUT2D eigenvalue weighted by molar-refractivity contribution is -0.140. The van der Waals surface area contributed by atoms with Gasteiger partial charge in [-0.3, -0.25) is 14.5 Å². The standard InChI is InChI=1S/C20H26N4O3/c25-20(15-27-18-5-1-2-6-18)23-11-17-7-9-22-24(17)13-19(12-23)26-14-16-4-3-8-21-10-16/h3-4,7-10,18-19H,1-2,5-6,11-15H2. The van der Waals surface area contributed by atoms with Gasteiger partial charge >= 0.3 is 0 Å². The van der Waals surface area contributed by atoms with Crippen LogP contribution in [0.1, 0.15) is 36.9 Å². The molecule has 1 aliphatic heterocycles. The smallest absolute Gasteiger partial charge is 0.249 e. The number of pyridine rings is 1. The monoisotopic (exact) mass is 370 g/mol. The van der Waals surface area contributed by atoms with Crippen LogP contribution >= 0.6 is 0 Å². The minimum absolute atomic E-state index is 0.0199. The third-order valence-electron chi connectivity index (χ3n) is 5.26. The van der Waals surface area contributed by atoms with Crippen LogP contribution in [0.25, 0.3) is 0 Å². The molecule has 27 heavy (non-hydrogen) atoms. The molecule has 1 fully saturated rings. The van der Waals surface area contributed by atoms with E-state index in [2.05, 4.69) is 10.1 Å². The van der Waals surface area contributed by atoms with E-state index in [9.17, 15) is 4.79 Å². The van der Waals surface area contributed by atoms with Crippen molar-refractivity contribution in [2.24, 2.45) is 0 Å². The van der Waals surface area contributed by atoms with Crippen LogP contribution in [0.15, 0.2) is 36.8 Å². The highest BCUT2D eigenvalue weighted by Gasteiger charge is 2.27. The lowest BCUT2D eigenvalue weighted by atomic mass is 10.3. The highest BCUT2D eigenvalue weighted by molar-refractivity contribution is 5.77. The number of amides is 1. The first-order valence-corrected chi connectivity index (χ1v) is 9.68. The summed E-state index contributed by atoms with van der Waals surface area (Å²) in [6.07, 6.45) is 9.97. The number of carbonyl (C=O) groups excluding carboxylic acids is 1. The molecule has 1 aliphatic carbocycles. The van der Waals surface area contributed by atoms with Crippen molar-refractivity contribution in [3.63, 3.8) is 0 Å². The Balaban J connectivity index is 1.39. The highest BCUT2D eigenvalue weighted by atomic mass is 16.5. The molecule has 2 aromatic rings. The number of fused-ring (bicyclic) bond motifs is 1. The highest BCUT2D eigenvalue weighted by Crippen LogP contribution is 2.21. The van der Waals surface area contributed by atoms with E-state index in [4.69, 9.17) is 9.47 Å². The zero-order valence-corrected chi connectivity index (χ0v) is 15.5. The van der Waals surface area contributed by atoms with Gasteiger partial charge in [-0.2, -0.15) is 5.10 Å². The Morgan fingerprint density at radius 2 is 2.00 bits per heavy atom. The van der Waals surface area contributed by atoms with Gasteiger partial charge in [0.2, 0.25) is 5.91 Å². The fourth-order valence-corrected chi connectivity index (χ4v) is 3.74. The Morgan fingerprint density at radius 1 is 1.11 bits per heavy atom. The molecule has 7 nitrogen and oxygen atoms in total. The molecule has 7 heteroatoms. The van der Waals surface area contributed by atoms with Crippen LogP contribution in [0.5, 0.6) is 0 Å². The van der Waals surface area contributed by atoms with E-state index in [1.807, 2.05) is 27.8 Å². The molecule has 0 radical (unpaired) electrons. The zero-order chi connectivity index (χ0) is 18.5. The molecule has 4 rings (SSSR count). The third kappa shape index (κ3) is 4.73. The summed E-state index contributed by atoms with van der Waals surface area (Å²) in [4.78, 5) is 18.7. The maximum absolute atomic E-state index is 12.8. The van der Waals surface area contributed by atoms with Crippen molar-refractivity contribution in [1.82, 2.24) is 19.7 Å². The maximum Gasteiger partial charge on any atom is 0.249 e. The summed E-state index contributed by atoms with van der Waals surface area (Å²) in [6, 6.07) is 5.84. The minimum Gasteiger partial charge on any atom is -0.370 e. The number of aromatic nitrogens is 3. The van der Waals surface area contributed by atoms with Gasteiger partial charge < -0.3 is 14.4 Å². The predicted octanol–water partition coefficient (Wildman–Crippen LogP) is 2.16. The Bertz CT molecular complexity index is 743. The summed E-state index contributed by atoms with van der Waals surface area (Å²) in [7, 11) is 0. The van der Waals surface area contributed by atoms with Crippen molar-refractivity contribution in [3.8, 4) is 0 Å². The van der Waals surface area contributed by atoms with Crippen LogP contribution in [0.3, 0.4) is 0 Å². The average Bonchev–Trinajstić information content (AvgIpc) is 3.34. The van der Waals surface area contributed by atoms with E-state index >= 15 is 0 Å². The zero-order valence-electron chi connectivity index (χ0n) is 15.5. The molecule has 0 aromatic carbocycles. The van der Waals surface area contributed by atoms with Gasteiger partial charge in [-0.25, -0.2) is 0 Å². The van der Waals surface area contributed by atoms with Crippen molar-refractivity contribution in [1.29, 1.82) is 0 Å². The van der Waals surface area contributed by atoms with Crippen molar-refractivity contribution in [3.05, 3.63) is 48.0 Å². The van der Waals surface area contributed by atoms with E-state index in [1.54, 1.807) is 18.6 Å². The number of rotatable bonds is 6. The summed E-state index contributed by atoms with van der Waals surface area (Å²) in [6.45, 7) is 2.33. The summed E-state index contributed by atoms with van der Waals surface area (Å²) in [5.74, 6) is 0.0199. The average molecular weight is 370 g/mol. The van der Waals surface area contributed by atoms with Gasteiger partial charge in [0.1, 0.15) is 6.61 Å². The maximum atomic E-state index is 12.8. The molecule has 1 atom stereocenters. The van der Waals surface area contributed by atoms with Crippen LogP contribution < -0.4 is 0 Å². The molecule has 3 heterocycles. The van der Waals surface area contributed by atoms with Crippen molar-refractivity contribution >= 4 is 5.91 Å². The Kier molecular flexibility index (Phi) is 5.79. The van der Waals surface area contributed by atoms with Gasteiger partial charge in [-0.1, -0.05) is 18.9 Å². The Morgan fingerprint density at radius 3 is 2.81 bits per heavy atom. The van der Waals surface area contributed by atoms with Crippen LogP contribution in [0.2, 0.25) is 0 Å². The molecule has 0 spiro atoms. The Labute approximate surface area is 159 Å². The van der Waals surface area contributed by atoms with Gasteiger partial charge in [-0.05, 0) is 30.5 Å². The lowest BCUT2D eigenvalue weighted by Gasteiger charge is -2.25. The van der Waals surface area contributed by atoms with Crippen LogP contribution in [-0.2, 0) is 34.0 Å². The van der Waals surface area contributed by atoms with Gasteiger partial charge in [-0.15, -0.1) is 0 Å². The number of hydrogen-bond donors (Lipinski definition) is 0. The third-order valence-corrected chi connectivity index (χ3v) is 5.26. The van der Waals surface area contributed by atoms with E-state index in [1.165, 1.54) is 12.8 Å². The number of nitrogens with zero attached hydrogens (tertiary/aromatic N) is 4. The van der Waals surface area contributed by atoms with Gasteiger partial charge in [0.25, 0.3) is 0 Å². The van der Waals surface area contributed by atoms with Crippen molar-refractivity contribution < 1.29 is 14.3 Å². The molecule has 0 saturated heterocycles. The Hall–Kier alpha value is -2.25. The minimum atomic E-state index is -0.123. The van der Waals surface area contributed by atoms with Crippen molar-refractivity contribution in [2.45, 2.75) is 57.6 Å². The molecule has 144 valence electrons. The first kappa shape index (κ1) is 18.1. The molecule has 1 unspecified atom stereocenters. The molecule has 1 saturated carbocycles. The predicted molar refractivity (Wildman–Crippen MR) is 98.7 cm³/mol. The van der Waals surface area contributed by atoms with Crippen LogP contribution in [0, 0.1) is 0 Å². The fourth-order valence-electron chi connectivity index (χ4n) is 3.74. The molecule has 2 aromatic heterocycles. The molecule has 0 N–H and O–H groups in total. The lowest BCUT2D eigenvalue weighted by Crippen LogP contribution is -2.39. The number of ether oxygens (including phenoxy) is 2. The van der Waals surface area contributed by atoms with Gasteiger partial charge in [0.05, 0.1) is 37.6 Å². The van der Waals surface area contributed by atoms with Crippen LogP contribution in [0.4, 0.5) is 0 Å². The van der Waals surface area contributed by atoms with Gasteiger partial charge in [0.15, 0.2) is 0 Å². The topological polar surface area (TPSA) is 69.5 Å². The van der Waals surface area contributed by atoms with Crippen LogP contribution in [-0.4, -0.2) is 50.9 Å². The molecule has 2 aliphatic rings. The SMILES string of the molecule is O=C(COC1CCCC1)N1Cc2ccnn2CC(OCc2cccnc2)C1. The molecular weight excluding hydrogens is 344 g/mol. The van der Waals surface area contributed by atoms with Crippen molar-refractivity contribution in [2.75, 3.05) is 13.2 Å². The molecule has 0 bridgehead atoms. The second kappa shape index (κ2) is 8.63. The van der Waals surface area contributed by atoms with E-state index in [-0.39, 0.29) is 24.7 Å². The number of hydrogen-bond acceptors (Lipinski definition) is 5. The largest absolute Gasteiger partial charge is 0.370 e. The summed E-state index contributed by atoms with van der Waals surface area (Å²) >= 11 is 0. The normalized spacial score (nSPS) is 20.4. The first-order chi connectivity index (χ1) is 13.3.